The van der Waals surface area contributed by atoms with Gasteiger partial charge in [-0.15, -0.1) is 0 Å². The Balaban J connectivity index is 0.00000103. The summed E-state index contributed by atoms with van der Waals surface area (Å²) in [6, 6.07) is 25.8. The van der Waals surface area contributed by atoms with E-state index in [-0.39, 0.29) is 0 Å². The van der Waals surface area contributed by atoms with Crippen molar-refractivity contribution in [3.63, 3.8) is 0 Å². The number of benzene rings is 4. The molecule has 0 bridgehead atoms. The van der Waals surface area contributed by atoms with E-state index in [1.54, 1.807) is 0 Å². The second kappa shape index (κ2) is 14.0. The molecule has 0 unspecified atom stereocenters. The fraction of sp³-hybridized carbons (Fsp3) is 0.235. The fourth-order valence-corrected chi connectivity index (χ4v) is 4.19. The Labute approximate surface area is 213 Å². The number of hydrogen-bond acceptors (Lipinski definition) is 1. The molecule has 0 radical (unpaired) electrons. The van der Waals surface area contributed by atoms with Crippen LogP contribution in [0.3, 0.4) is 0 Å². The Bertz CT molecular complexity index is 1260. The van der Waals surface area contributed by atoms with Crippen LogP contribution in [0.15, 0.2) is 84.9 Å². The van der Waals surface area contributed by atoms with E-state index in [0.29, 0.717) is 0 Å². The van der Waals surface area contributed by atoms with Gasteiger partial charge in [0.2, 0.25) is 0 Å². The monoisotopic (exact) mass is 463 g/mol. The molecule has 1 heteroatoms. The molecule has 182 valence electrons. The minimum Gasteiger partial charge on any atom is -0.356 e. The first kappa shape index (κ1) is 27.7. The highest BCUT2D eigenvalue weighted by molar-refractivity contribution is 6.00. The van der Waals surface area contributed by atoms with Gasteiger partial charge < -0.3 is 5.32 Å². The van der Waals surface area contributed by atoms with Crippen LogP contribution in [0.25, 0.3) is 34.1 Å². The van der Waals surface area contributed by atoms with Crippen LogP contribution >= 0.6 is 0 Å². The van der Waals surface area contributed by atoms with Gasteiger partial charge in [0, 0.05) is 11.4 Å². The number of hydrogen-bond donors (Lipinski definition) is 1. The third-order valence-corrected chi connectivity index (χ3v) is 5.92. The van der Waals surface area contributed by atoms with Crippen LogP contribution in [0.1, 0.15) is 63.8 Å². The van der Waals surface area contributed by atoms with E-state index in [9.17, 15) is 0 Å². The number of fused-ring (bicyclic) bond motifs is 1. The summed E-state index contributed by atoms with van der Waals surface area (Å²) >= 11 is 0. The van der Waals surface area contributed by atoms with E-state index in [1.165, 1.54) is 44.2 Å². The first-order valence-electron chi connectivity index (χ1n) is 12.9. The summed E-state index contributed by atoms with van der Waals surface area (Å²) in [5, 5.41) is 6.16. The van der Waals surface area contributed by atoms with Crippen LogP contribution in [0.4, 0.5) is 11.4 Å². The van der Waals surface area contributed by atoms with Gasteiger partial charge in [-0.1, -0.05) is 101 Å². The van der Waals surface area contributed by atoms with Crippen molar-refractivity contribution in [1.82, 2.24) is 0 Å². The van der Waals surface area contributed by atoms with E-state index in [1.807, 2.05) is 33.8 Å². The predicted octanol–water partition coefficient (Wildman–Crippen LogP) is 11.0. The molecule has 0 aliphatic heterocycles. The highest BCUT2D eigenvalue weighted by Gasteiger charge is 2.12. The summed E-state index contributed by atoms with van der Waals surface area (Å²) in [5.41, 5.74) is 9.93. The zero-order chi connectivity index (χ0) is 25.8. The van der Waals surface area contributed by atoms with Crippen molar-refractivity contribution < 1.29 is 0 Å². The molecule has 0 aromatic heterocycles. The molecule has 4 aromatic carbocycles. The van der Waals surface area contributed by atoms with Crippen LogP contribution in [-0.4, -0.2) is 0 Å². The molecule has 4 aromatic rings. The Morgan fingerprint density at radius 3 is 1.57 bits per heavy atom. The largest absolute Gasteiger partial charge is 0.356 e. The molecule has 0 saturated carbocycles. The van der Waals surface area contributed by atoms with Crippen LogP contribution in [-0.2, 0) is 0 Å². The van der Waals surface area contributed by atoms with Crippen LogP contribution < -0.4 is 5.32 Å². The van der Waals surface area contributed by atoms with Gasteiger partial charge in [-0.2, -0.15) is 0 Å². The minimum absolute atomic E-state index is 1.09. The van der Waals surface area contributed by atoms with Gasteiger partial charge in [0.25, 0.3) is 0 Å². The maximum Gasteiger partial charge on any atom is 0.0390 e. The third-order valence-electron chi connectivity index (χ3n) is 5.92. The molecule has 4 rings (SSSR count). The Hall–Kier alpha value is -3.58. The number of rotatable bonds is 5. The minimum atomic E-state index is 1.09. The zero-order valence-electron chi connectivity index (χ0n) is 22.7. The first-order valence-corrected chi connectivity index (χ1v) is 12.9. The van der Waals surface area contributed by atoms with Crippen LogP contribution in [0.2, 0.25) is 0 Å². The standard InChI is InChI=1S/C30H29N.2C2H6/c1-5-10-27-21(3)22(4)28(11-6-2)30-20-26(18-19-29(27)30)31-25-16-14-24(15-17-25)23-12-8-7-9-13-23;2*1-2/h5-20,31H,1-4H3;2*1-2H3/b10-5-,11-6-;;. The van der Waals surface area contributed by atoms with E-state index in [2.05, 4.69) is 124 Å². The molecule has 1 N–H and O–H groups in total. The van der Waals surface area contributed by atoms with Gasteiger partial charge in [-0.25, -0.2) is 0 Å². The van der Waals surface area contributed by atoms with Gasteiger partial charge in [0.1, 0.15) is 0 Å². The molecule has 35 heavy (non-hydrogen) atoms. The summed E-state index contributed by atoms with van der Waals surface area (Å²) < 4.78 is 0. The van der Waals surface area contributed by atoms with Crippen molar-refractivity contribution in [2.45, 2.75) is 55.4 Å². The lowest BCUT2D eigenvalue weighted by Crippen LogP contribution is -1.96. The summed E-state index contributed by atoms with van der Waals surface area (Å²) in [7, 11) is 0. The van der Waals surface area contributed by atoms with Crippen molar-refractivity contribution in [3.8, 4) is 11.1 Å². The number of anilines is 2. The number of nitrogens with one attached hydrogen (secondary N) is 1. The molecule has 0 aliphatic rings. The van der Waals surface area contributed by atoms with Crippen molar-refractivity contribution in [2.75, 3.05) is 5.32 Å². The Kier molecular flexibility index (Phi) is 11.0. The average molecular weight is 464 g/mol. The molecule has 0 aliphatic carbocycles. The lowest BCUT2D eigenvalue weighted by molar-refractivity contribution is 1.33. The summed E-state index contributed by atoms with van der Waals surface area (Å²) in [6.45, 7) is 16.6. The maximum absolute atomic E-state index is 3.59. The van der Waals surface area contributed by atoms with Gasteiger partial charge in [-0.3, -0.25) is 0 Å². The van der Waals surface area contributed by atoms with Crippen LogP contribution in [0, 0.1) is 13.8 Å². The van der Waals surface area contributed by atoms with Crippen LogP contribution in [0.5, 0.6) is 0 Å². The second-order valence-corrected chi connectivity index (χ2v) is 7.91. The van der Waals surface area contributed by atoms with Gasteiger partial charge in [0.15, 0.2) is 0 Å². The van der Waals surface area contributed by atoms with Crippen molar-refractivity contribution in [3.05, 3.63) is 107 Å². The SMILES string of the molecule is C/C=C\c1c(C)c(C)c(/C=C\C)c2cc(Nc3ccc(-c4ccccc4)cc3)ccc12.CC.CC. The zero-order valence-corrected chi connectivity index (χ0v) is 22.7. The lowest BCUT2D eigenvalue weighted by Gasteiger charge is -2.17. The van der Waals surface area contributed by atoms with E-state index < -0.39 is 0 Å². The molecule has 0 atom stereocenters. The fourth-order valence-electron chi connectivity index (χ4n) is 4.19. The normalized spacial score (nSPS) is 10.6. The Morgan fingerprint density at radius 2 is 1.03 bits per heavy atom. The molecule has 0 saturated heterocycles. The highest BCUT2D eigenvalue weighted by atomic mass is 14.9. The van der Waals surface area contributed by atoms with E-state index in [0.717, 1.165) is 11.4 Å². The van der Waals surface area contributed by atoms with E-state index in [4.69, 9.17) is 0 Å². The number of allylic oxidation sites excluding steroid dienone is 2. The van der Waals surface area contributed by atoms with Gasteiger partial charge in [-0.05, 0) is 96.1 Å². The molecule has 0 heterocycles. The average Bonchev–Trinajstić information content (AvgIpc) is 2.92. The molecule has 0 spiro atoms. The van der Waals surface area contributed by atoms with Gasteiger partial charge >= 0.3 is 0 Å². The summed E-state index contributed by atoms with van der Waals surface area (Å²) in [4.78, 5) is 0. The smallest absolute Gasteiger partial charge is 0.0390 e. The maximum atomic E-state index is 3.59. The van der Waals surface area contributed by atoms with E-state index >= 15 is 0 Å². The highest BCUT2D eigenvalue weighted by Crippen LogP contribution is 2.34. The van der Waals surface area contributed by atoms with Gasteiger partial charge in [0.05, 0.1) is 0 Å². The lowest BCUT2D eigenvalue weighted by atomic mass is 9.89. The Morgan fingerprint density at radius 1 is 0.543 bits per heavy atom. The van der Waals surface area contributed by atoms with Crippen molar-refractivity contribution >= 4 is 34.3 Å². The topological polar surface area (TPSA) is 12.0 Å². The molecular weight excluding hydrogens is 422 g/mol. The third kappa shape index (κ3) is 6.51. The summed E-state index contributed by atoms with van der Waals surface area (Å²) in [5.74, 6) is 0. The molecule has 0 fully saturated rings. The second-order valence-electron chi connectivity index (χ2n) is 7.91. The summed E-state index contributed by atoms with van der Waals surface area (Å²) in [6.07, 6.45) is 8.69. The van der Waals surface area contributed by atoms with Crippen molar-refractivity contribution in [1.29, 1.82) is 0 Å². The quantitative estimate of drug-likeness (QED) is 0.310. The van der Waals surface area contributed by atoms with Crippen molar-refractivity contribution in [2.24, 2.45) is 0 Å². The molecule has 0 amide bonds. The molecular formula is C34H41N. The first-order chi connectivity index (χ1) is 17.1. The molecule has 1 nitrogen and oxygen atoms in total. The predicted molar refractivity (Wildman–Crippen MR) is 161 cm³/mol.